The van der Waals surface area contributed by atoms with E-state index < -0.39 is 8.32 Å². The van der Waals surface area contributed by atoms with Gasteiger partial charge in [0.1, 0.15) is 0 Å². The fraction of sp³-hybridized carbons (Fsp3) is 1.00. The summed E-state index contributed by atoms with van der Waals surface area (Å²) >= 11 is 0. The van der Waals surface area contributed by atoms with Gasteiger partial charge in [0.25, 0.3) is 0 Å². The predicted octanol–water partition coefficient (Wildman–Crippen LogP) is 3.10. The summed E-state index contributed by atoms with van der Waals surface area (Å²) in [5, 5.41) is 8.89. The van der Waals surface area contributed by atoms with E-state index in [4.69, 9.17) is 9.53 Å². The highest BCUT2D eigenvalue weighted by Gasteiger charge is 2.44. The SMILES string of the molecule is CC(C)[Si](OCCN(C)CCO)(C(C)C)C(C)C. The lowest BCUT2D eigenvalue weighted by Gasteiger charge is -2.42. The van der Waals surface area contributed by atoms with Crippen LogP contribution in [0.15, 0.2) is 0 Å². The lowest BCUT2D eigenvalue weighted by Crippen LogP contribution is -2.49. The Morgan fingerprint density at radius 2 is 1.39 bits per heavy atom. The summed E-state index contributed by atoms with van der Waals surface area (Å²) in [5.41, 5.74) is 1.92. The summed E-state index contributed by atoms with van der Waals surface area (Å²) in [4.78, 5) is 2.13. The summed E-state index contributed by atoms with van der Waals surface area (Å²) in [7, 11) is 0.324. The van der Waals surface area contributed by atoms with E-state index in [0.717, 1.165) is 19.7 Å². The van der Waals surface area contributed by atoms with Crippen molar-refractivity contribution in [2.24, 2.45) is 0 Å². The average Bonchev–Trinajstić information content (AvgIpc) is 2.23. The largest absolute Gasteiger partial charge is 0.415 e. The Morgan fingerprint density at radius 3 is 1.72 bits per heavy atom. The highest BCUT2D eigenvalue weighted by molar-refractivity contribution is 6.77. The molecule has 0 aliphatic carbocycles. The minimum atomic E-state index is -1.71. The smallest absolute Gasteiger partial charge is 0.200 e. The first-order chi connectivity index (χ1) is 8.28. The van der Waals surface area contributed by atoms with E-state index in [1.165, 1.54) is 0 Å². The normalized spacial score (nSPS) is 13.3. The fourth-order valence-corrected chi connectivity index (χ4v) is 8.61. The van der Waals surface area contributed by atoms with Crippen LogP contribution in [0.5, 0.6) is 0 Å². The zero-order valence-corrected chi connectivity index (χ0v) is 14.4. The van der Waals surface area contributed by atoms with Crippen LogP contribution >= 0.6 is 0 Å². The van der Waals surface area contributed by atoms with Crippen molar-refractivity contribution >= 4 is 8.32 Å². The molecule has 0 aliphatic rings. The van der Waals surface area contributed by atoms with Crippen molar-refractivity contribution in [1.82, 2.24) is 4.90 Å². The number of aliphatic hydroxyl groups excluding tert-OH is 1. The van der Waals surface area contributed by atoms with Crippen LogP contribution in [0.1, 0.15) is 41.5 Å². The zero-order chi connectivity index (χ0) is 14.3. The molecule has 0 aromatic carbocycles. The molecule has 0 unspecified atom stereocenters. The minimum Gasteiger partial charge on any atom is -0.415 e. The van der Waals surface area contributed by atoms with Crippen molar-refractivity contribution in [1.29, 1.82) is 0 Å². The molecule has 0 bridgehead atoms. The number of nitrogens with zero attached hydrogens (tertiary/aromatic N) is 1. The Morgan fingerprint density at radius 1 is 0.944 bits per heavy atom. The van der Waals surface area contributed by atoms with Gasteiger partial charge in [-0.05, 0) is 23.7 Å². The van der Waals surface area contributed by atoms with Crippen LogP contribution in [0.4, 0.5) is 0 Å². The van der Waals surface area contributed by atoms with Crippen LogP contribution in [-0.4, -0.2) is 51.7 Å². The molecule has 4 heteroatoms. The van der Waals surface area contributed by atoms with Gasteiger partial charge in [-0.15, -0.1) is 0 Å². The predicted molar refractivity (Wildman–Crippen MR) is 81.6 cm³/mol. The van der Waals surface area contributed by atoms with Gasteiger partial charge in [-0.25, -0.2) is 0 Å². The molecule has 0 fully saturated rings. The Hall–Kier alpha value is 0.0969. The van der Waals surface area contributed by atoms with Gasteiger partial charge in [0.15, 0.2) is 8.32 Å². The molecule has 0 aromatic heterocycles. The van der Waals surface area contributed by atoms with Gasteiger partial charge in [0.05, 0.1) is 6.61 Å². The standard InChI is InChI=1S/C14H33NO2Si/c1-12(2)18(13(3)4,14(5)6)17-11-9-15(7)8-10-16/h12-14,16H,8-11H2,1-7H3. The fourth-order valence-electron chi connectivity index (χ4n) is 3.16. The first-order valence-corrected chi connectivity index (χ1v) is 9.36. The van der Waals surface area contributed by atoms with Gasteiger partial charge < -0.3 is 14.4 Å². The third kappa shape index (κ3) is 4.65. The zero-order valence-electron chi connectivity index (χ0n) is 13.4. The van der Waals surface area contributed by atoms with E-state index in [1.807, 2.05) is 7.05 Å². The number of hydrogen-bond donors (Lipinski definition) is 1. The Balaban J connectivity index is 4.52. The second-order valence-electron chi connectivity index (χ2n) is 6.19. The molecule has 3 nitrogen and oxygen atoms in total. The number of rotatable bonds is 9. The summed E-state index contributed by atoms with van der Waals surface area (Å²) < 4.78 is 6.45. The van der Waals surface area contributed by atoms with Crippen molar-refractivity contribution in [3.05, 3.63) is 0 Å². The number of hydrogen-bond acceptors (Lipinski definition) is 3. The summed E-state index contributed by atoms with van der Waals surface area (Å²) in [6.45, 7) is 16.5. The van der Waals surface area contributed by atoms with Gasteiger partial charge >= 0.3 is 0 Å². The lowest BCUT2D eigenvalue weighted by molar-refractivity contribution is 0.183. The first-order valence-electron chi connectivity index (χ1n) is 7.22. The van der Waals surface area contributed by atoms with Crippen LogP contribution in [0, 0.1) is 0 Å². The van der Waals surface area contributed by atoms with Gasteiger partial charge in [-0.2, -0.15) is 0 Å². The third-order valence-corrected chi connectivity index (χ3v) is 10.1. The molecule has 110 valence electrons. The maximum absolute atomic E-state index is 8.89. The van der Waals surface area contributed by atoms with Gasteiger partial charge in [-0.1, -0.05) is 41.5 Å². The van der Waals surface area contributed by atoms with E-state index in [-0.39, 0.29) is 6.61 Å². The van der Waals surface area contributed by atoms with E-state index in [0.29, 0.717) is 16.6 Å². The number of likely N-dealkylation sites (N-methyl/N-ethyl adjacent to an activating group) is 1. The molecule has 0 saturated heterocycles. The number of aliphatic hydroxyl groups is 1. The summed E-state index contributed by atoms with van der Waals surface area (Å²) in [5.74, 6) is 0. The Labute approximate surface area is 115 Å². The quantitative estimate of drug-likeness (QED) is 0.656. The Bertz CT molecular complexity index is 198. The van der Waals surface area contributed by atoms with Crippen molar-refractivity contribution in [3.63, 3.8) is 0 Å². The van der Waals surface area contributed by atoms with Crippen molar-refractivity contribution < 1.29 is 9.53 Å². The summed E-state index contributed by atoms with van der Waals surface area (Å²) in [6, 6.07) is 0. The van der Waals surface area contributed by atoms with Crippen LogP contribution < -0.4 is 0 Å². The van der Waals surface area contributed by atoms with E-state index >= 15 is 0 Å². The molecule has 1 N–H and O–H groups in total. The second-order valence-corrected chi connectivity index (χ2v) is 11.7. The minimum absolute atomic E-state index is 0.220. The van der Waals surface area contributed by atoms with Crippen LogP contribution in [-0.2, 0) is 4.43 Å². The summed E-state index contributed by atoms with van der Waals surface area (Å²) in [6.07, 6.45) is 0. The molecular formula is C14H33NO2Si. The van der Waals surface area contributed by atoms with Gasteiger partial charge in [0.2, 0.25) is 0 Å². The van der Waals surface area contributed by atoms with Crippen LogP contribution in [0.3, 0.4) is 0 Å². The molecule has 0 atom stereocenters. The first kappa shape index (κ1) is 18.1. The Kier molecular flexibility index (Phi) is 8.35. The maximum atomic E-state index is 8.89. The molecule has 0 radical (unpaired) electrons. The van der Waals surface area contributed by atoms with E-state index in [9.17, 15) is 0 Å². The third-order valence-electron chi connectivity index (χ3n) is 4.01. The van der Waals surface area contributed by atoms with Crippen molar-refractivity contribution in [2.75, 3.05) is 33.4 Å². The van der Waals surface area contributed by atoms with E-state index in [1.54, 1.807) is 0 Å². The monoisotopic (exact) mass is 275 g/mol. The van der Waals surface area contributed by atoms with Gasteiger partial charge in [-0.3, -0.25) is 0 Å². The average molecular weight is 276 g/mol. The van der Waals surface area contributed by atoms with Crippen LogP contribution in [0.2, 0.25) is 16.6 Å². The molecule has 0 amide bonds. The maximum Gasteiger partial charge on any atom is 0.200 e. The topological polar surface area (TPSA) is 32.7 Å². The van der Waals surface area contributed by atoms with Gasteiger partial charge in [0, 0.05) is 19.7 Å². The van der Waals surface area contributed by atoms with Crippen molar-refractivity contribution in [3.8, 4) is 0 Å². The molecule has 0 saturated carbocycles. The molecule has 0 spiro atoms. The highest BCUT2D eigenvalue weighted by Crippen LogP contribution is 2.42. The second kappa shape index (κ2) is 8.30. The molecule has 0 heterocycles. The molecular weight excluding hydrogens is 242 g/mol. The highest BCUT2D eigenvalue weighted by atomic mass is 28.4. The molecule has 18 heavy (non-hydrogen) atoms. The molecule has 0 aromatic rings. The van der Waals surface area contributed by atoms with Crippen molar-refractivity contribution in [2.45, 2.75) is 58.2 Å². The molecule has 0 rings (SSSR count). The van der Waals surface area contributed by atoms with Crippen LogP contribution in [0.25, 0.3) is 0 Å². The van der Waals surface area contributed by atoms with E-state index in [2.05, 4.69) is 46.4 Å². The lowest BCUT2D eigenvalue weighted by atomic mass is 10.5. The molecule has 0 aliphatic heterocycles.